The zero-order valence-electron chi connectivity index (χ0n) is 13.4. The summed E-state index contributed by atoms with van der Waals surface area (Å²) in [6, 6.07) is 8.72. The van der Waals surface area contributed by atoms with Gasteiger partial charge >= 0.3 is 6.03 Å². The molecule has 0 radical (unpaired) electrons. The molecule has 0 fully saturated rings. The van der Waals surface area contributed by atoms with E-state index in [9.17, 15) is 4.79 Å². The summed E-state index contributed by atoms with van der Waals surface area (Å²) in [5.74, 6) is 0.533. The van der Waals surface area contributed by atoms with Gasteiger partial charge in [0.15, 0.2) is 5.13 Å². The fourth-order valence-electron chi connectivity index (χ4n) is 2.46. The largest absolute Gasteiger partial charge is 0.495 e. The molecule has 0 atom stereocenters. The Labute approximate surface area is 148 Å². The third-order valence-corrected chi connectivity index (χ3v) is 4.81. The van der Waals surface area contributed by atoms with Crippen LogP contribution in [-0.4, -0.2) is 18.1 Å². The first kappa shape index (κ1) is 16.5. The number of ether oxygens (including phenoxy) is 1. The van der Waals surface area contributed by atoms with Crippen molar-refractivity contribution in [2.45, 2.75) is 13.8 Å². The van der Waals surface area contributed by atoms with Crippen molar-refractivity contribution >= 4 is 50.0 Å². The van der Waals surface area contributed by atoms with E-state index in [2.05, 4.69) is 21.7 Å². The molecule has 3 rings (SSSR count). The highest BCUT2D eigenvalue weighted by Crippen LogP contribution is 2.31. The number of halogens is 1. The molecule has 0 bridgehead atoms. The predicted octanol–water partition coefficient (Wildman–Crippen LogP) is 5.22. The van der Waals surface area contributed by atoms with Crippen molar-refractivity contribution in [3.8, 4) is 5.75 Å². The summed E-state index contributed by atoms with van der Waals surface area (Å²) >= 11 is 7.41. The maximum absolute atomic E-state index is 12.2. The molecule has 3 aromatic rings. The minimum atomic E-state index is -0.399. The van der Waals surface area contributed by atoms with E-state index >= 15 is 0 Å². The Hall–Kier alpha value is -2.31. The van der Waals surface area contributed by atoms with Gasteiger partial charge in [-0.2, -0.15) is 0 Å². The molecule has 0 saturated heterocycles. The number of nitrogens with one attached hydrogen (secondary N) is 2. The number of nitrogens with zero attached hydrogens (tertiary/aromatic N) is 1. The van der Waals surface area contributed by atoms with Gasteiger partial charge in [0.25, 0.3) is 0 Å². The zero-order valence-corrected chi connectivity index (χ0v) is 15.0. The van der Waals surface area contributed by atoms with Crippen LogP contribution in [0.25, 0.3) is 10.2 Å². The topological polar surface area (TPSA) is 63.2 Å². The first-order valence-electron chi connectivity index (χ1n) is 7.25. The van der Waals surface area contributed by atoms with Crippen LogP contribution in [0.3, 0.4) is 0 Å². The molecule has 0 aliphatic rings. The quantitative estimate of drug-likeness (QED) is 0.672. The minimum absolute atomic E-state index is 0.399. The van der Waals surface area contributed by atoms with Gasteiger partial charge in [0.2, 0.25) is 0 Å². The van der Waals surface area contributed by atoms with Crippen molar-refractivity contribution in [2.24, 2.45) is 0 Å². The van der Waals surface area contributed by atoms with Gasteiger partial charge in [-0.05, 0) is 49.2 Å². The van der Waals surface area contributed by atoms with Gasteiger partial charge in [0.1, 0.15) is 5.75 Å². The second-order valence-corrected chi connectivity index (χ2v) is 6.81. The van der Waals surface area contributed by atoms with Crippen LogP contribution in [0.1, 0.15) is 11.1 Å². The number of fused-ring (bicyclic) bond motifs is 1. The van der Waals surface area contributed by atoms with Gasteiger partial charge in [-0.15, -0.1) is 0 Å². The molecule has 5 nitrogen and oxygen atoms in total. The summed E-state index contributed by atoms with van der Waals surface area (Å²) in [5, 5.41) is 6.53. The molecular weight excluding hydrogens is 346 g/mol. The number of hydrogen-bond acceptors (Lipinski definition) is 4. The van der Waals surface area contributed by atoms with Crippen LogP contribution in [0.5, 0.6) is 5.75 Å². The van der Waals surface area contributed by atoms with Crippen molar-refractivity contribution < 1.29 is 9.53 Å². The lowest BCUT2D eigenvalue weighted by Gasteiger charge is -2.10. The number of carbonyl (C=O) groups is 1. The van der Waals surface area contributed by atoms with Crippen LogP contribution in [0.2, 0.25) is 5.02 Å². The Bertz CT molecular complexity index is 924. The molecule has 2 amide bonds. The van der Waals surface area contributed by atoms with Crippen molar-refractivity contribution in [1.29, 1.82) is 0 Å². The second-order valence-electron chi connectivity index (χ2n) is 5.37. The van der Waals surface area contributed by atoms with Gasteiger partial charge in [-0.3, -0.25) is 5.32 Å². The molecule has 0 unspecified atom stereocenters. The predicted molar refractivity (Wildman–Crippen MR) is 99.7 cm³/mol. The highest BCUT2D eigenvalue weighted by molar-refractivity contribution is 7.22. The van der Waals surface area contributed by atoms with Crippen LogP contribution in [0.15, 0.2) is 30.3 Å². The van der Waals surface area contributed by atoms with Gasteiger partial charge < -0.3 is 10.1 Å². The number of amides is 2. The summed E-state index contributed by atoms with van der Waals surface area (Å²) in [7, 11) is 1.53. The average molecular weight is 362 g/mol. The molecule has 24 heavy (non-hydrogen) atoms. The molecule has 0 spiro atoms. The normalized spacial score (nSPS) is 10.7. The molecule has 2 aromatic carbocycles. The summed E-state index contributed by atoms with van der Waals surface area (Å²) in [5.41, 5.74) is 3.67. The standard InChI is InChI=1S/C17H16ClN3O2S/c1-9-6-10(2)15-13(7-9)20-17(24-15)21-16(22)19-12-8-11(18)4-5-14(12)23-3/h4-8H,1-3H3,(H2,19,20,21,22). The Morgan fingerprint density at radius 3 is 2.75 bits per heavy atom. The van der Waals surface area contributed by atoms with Crippen LogP contribution < -0.4 is 15.4 Å². The molecule has 7 heteroatoms. The van der Waals surface area contributed by atoms with E-state index in [1.54, 1.807) is 18.2 Å². The third-order valence-electron chi connectivity index (χ3n) is 3.45. The number of methoxy groups -OCH3 is 1. The smallest absolute Gasteiger partial charge is 0.325 e. The summed E-state index contributed by atoms with van der Waals surface area (Å²) < 4.78 is 6.28. The van der Waals surface area contributed by atoms with Crippen LogP contribution in [-0.2, 0) is 0 Å². The SMILES string of the molecule is COc1ccc(Cl)cc1NC(=O)Nc1nc2cc(C)cc(C)c2s1. The number of aromatic nitrogens is 1. The third kappa shape index (κ3) is 3.44. The number of hydrogen-bond donors (Lipinski definition) is 2. The Balaban J connectivity index is 1.80. The Morgan fingerprint density at radius 2 is 2.00 bits per heavy atom. The maximum atomic E-state index is 12.2. The van der Waals surface area contributed by atoms with E-state index in [4.69, 9.17) is 16.3 Å². The molecule has 0 saturated carbocycles. The number of urea groups is 1. The van der Waals surface area contributed by atoms with E-state index in [1.165, 1.54) is 18.4 Å². The number of thiazole rings is 1. The monoisotopic (exact) mass is 361 g/mol. The average Bonchev–Trinajstić information content (AvgIpc) is 2.90. The molecule has 2 N–H and O–H groups in total. The summed E-state index contributed by atoms with van der Waals surface area (Å²) in [4.78, 5) is 16.7. The lowest BCUT2D eigenvalue weighted by atomic mass is 10.1. The molecular formula is C17H16ClN3O2S. The number of benzene rings is 2. The first-order chi connectivity index (χ1) is 11.5. The summed E-state index contributed by atoms with van der Waals surface area (Å²) in [6.45, 7) is 4.06. The lowest BCUT2D eigenvalue weighted by Crippen LogP contribution is -2.19. The van der Waals surface area contributed by atoms with Gasteiger partial charge in [0.05, 0.1) is 23.0 Å². The number of aryl methyl sites for hydroxylation is 2. The van der Waals surface area contributed by atoms with E-state index in [0.717, 1.165) is 21.3 Å². The molecule has 1 heterocycles. The second kappa shape index (κ2) is 6.67. The van der Waals surface area contributed by atoms with Gasteiger partial charge in [-0.25, -0.2) is 9.78 Å². The highest BCUT2D eigenvalue weighted by Gasteiger charge is 2.12. The van der Waals surface area contributed by atoms with E-state index in [0.29, 0.717) is 21.6 Å². The summed E-state index contributed by atoms with van der Waals surface area (Å²) in [6.07, 6.45) is 0. The van der Waals surface area contributed by atoms with Crippen LogP contribution in [0, 0.1) is 13.8 Å². The van der Waals surface area contributed by atoms with Crippen molar-refractivity contribution in [1.82, 2.24) is 4.98 Å². The highest BCUT2D eigenvalue weighted by atomic mass is 35.5. The van der Waals surface area contributed by atoms with E-state index < -0.39 is 6.03 Å². The minimum Gasteiger partial charge on any atom is -0.495 e. The van der Waals surface area contributed by atoms with Gasteiger partial charge in [0, 0.05) is 5.02 Å². The van der Waals surface area contributed by atoms with Crippen molar-refractivity contribution in [2.75, 3.05) is 17.7 Å². The number of carbonyl (C=O) groups excluding carboxylic acids is 1. The van der Waals surface area contributed by atoms with Crippen LogP contribution >= 0.6 is 22.9 Å². The zero-order chi connectivity index (χ0) is 17.3. The molecule has 0 aliphatic carbocycles. The maximum Gasteiger partial charge on any atom is 0.325 e. The van der Waals surface area contributed by atoms with Gasteiger partial charge in [-0.1, -0.05) is 29.0 Å². The van der Waals surface area contributed by atoms with Crippen molar-refractivity contribution in [3.63, 3.8) is 0 Å². The fourth-order valence-corrected chi connectivity index (χ4v) is 3.54. The first-order valence-corrected chi connectivity index (χ1v) is 8.45. The molecule has 1 aromatic heterocycles. The van der Waals surface area contributed by atoms with Crippen LogP contribution in [0.4, 0.5) is 15.6 Å². The fraction of sp³-hybridized carbons (Fsp3) is 0.176. The Morgan fingerprint density at radius 1 is 1.21 bits per heavy atom. The number of anilines is 2. The Kier molecular flexibility index (Phi) is 4.59. The lowest BCUT2D eigenvalue weighted by molar-refractivity contribution is 0.262. The van der Waals surface area contributed by atoms with Crippen molar-refractivity contribution in [3.05, 3.63) is 46.5 Å². The van der Waals surface area contributed by atoms with E-state index in [1.807, 2.05) is 19.9 Å². The number of rotatable bonds is 3. The molecule has 0 aliphatic heterocycles. The van der Waals surface area contributed by atoms with E-state index in [-0.39, 0.29) is 0 Å². The molecule has 124 valence electrons.